The molecule has 0 saturated carbocycles. The topological polar surface area (TPSA) is 77.6 Å². The average Bonchev–Trinajstić information content (AvgIpc) is 3.14. The Balaban J connectivity index is 1.37. The Morgan fingerprint density at radius 1 is 1.12 bits per heavy atom. The summed E-state index contributed by atoms with van der Waals surface area (Å²) in [6.07, 6.45) is 1.66. The van der Waals surface area contributed by atoms with Gasteiger partial charge in [0, 0.05) is 44.3 Å². The number of hydrogen-bond donors (Lipinski definition) is 2. The van der Waals surface area contributed by atoms with E-state index in [4.69, 9.17) is 0 Å². The molecule has 0 spiro atoms. The number of thiazole rings is 1. The Morgan fingerprint density at radius 2 is 1.88 bits per heavy atom. The summed E-state index contributed by atoms with van der Waals surface area (Å²) in [7, 11) is 0. The smallest absolute Gasteiger partial charge is 0.323 e. The Kier molecular flexibility index (Phi) is 5.97. The maximum absolute atomic E-state index is 12.1. The zero-order valence-corrected chi connectivity index (χ0v) is 14.7. The molecule has 0 radical (unpaired) electrons. The van der Waals surface area contributed by atoms with Gasteiger partial charge >= 0.3 is 6.03 Å². The molecule has 1 saturated heterocycles. The van der Waals surface area contributed by atoms with Crippen molar-refractivity contribution < 1.29 is 9.59 Å². The van der Waals surface area contributed by atoms with E-state index in [1.807, 2.05) is 35.7 Å². The van der Waals surface area contributed by atoms with Crippen LogP contribution in [0.3, 0.4) is 0 Å². The number of nitrogens with one attached hydrogen (secondary N) is 2. The van der Waals surface area contributed by atoms with Gasteiger partial charge in [-0.25, -0.2) is 9.78 Å². The summed E-state index contributed by atoms with van der Waals surface area (Å²) in [4.78, 5) is 32.1. The van der Waals surface area contributed by atoms with Gasteiger partial charge in [0.1, 0.15) is 0 Å². The monoisotopic (exact) mass is 359 g/mol. The van der Waals surface area contributed by atoms with Crippen LogP contribution in [0.25, 0.3) is 0 Å². The molecule has 132 valence electrons. The number of amides is 3. The fraction of sp³-hybridized carbons (Fsp3) is 0.353. The number of nitrogens with zero attached hydrogens (tertiary/aromatic N) is 3. The van der Waals surface area contributed by atoms with E-state index < -0.39 is 0 Å². The summed E-state index contributed by atoms with van der Waals surface area (Å²) >= 11 is 1.39. The molecule has 2 aromatic rings. The summed E-state index contributed by atoms with van der Waals surface area (Å²) in [5.41, 5.74) is 1.08. The highest BCUT2D eigenvalue weighted by Crippen LogP contribution is 2.12. The van der Waals surface area contributed by atoms with Crippen LogP contribution in [-0.4, -0.2) is 59.4 Å². The highest BCUT2D eigenvalue weighted by atomic mass is 32.1. The molecule has 1 aliphatic heterocycles. The quantitative estimate of drug-likeness (QED) is 0.850. The molecule has 3 amide bonds. The van der Waals surface area contributed by atoms with Gasteiger partial charge < -0.3 is 10.2 Å². The highest BCUT2D eigenvalue weighted by molar-refractivity contribution is 7.13. The number of anilines is 1. The molecular formula is C17H21N5O2S. The average molecular weight is 359 g/mol. The lowest BCUT2D eigenvalue weighted by Gasteiger charge is -2.34. The van der Waals surface area contributed by atoms with Crippen LogP contribution in [0.15, 0.2) is 41.9 Å². The molecule has 1 fully saturated rings. The van der Waals surface area contributed by atoms with E-state index in [1.165, 1.54) is 11.3 Å². The largest absolute Gasteiger partial charge is 0.351 e. The molecule has 0 unspecified atom stereocenters. The van der Waals surface area contributed by atoms with E-state index >= 15 is 0 Å². The first-order chi connectivity index (χ1) is 12.2. The molecule has 2 N–H and O–H groups in total. The van der Waals surface area contributed by atoms with Crippen LogP contribution in [-0.2, 0) is 11.3 Å². The lowest BCUT2D eigenvalue weighted by Crippen LogP contribution is -2.52. The molecule has 2 heterocycles. The van der Waals surface area contributed by atoms with Crippen LogP contribution in [0, 0.1) is 0 Å². The molecule has 1 aliphatic rings. The fourth-order valence-corrected chi connectivity index (χ4v) is 3.14. The van der Waals surface area contributed by atoms with Gasteiger partial charge in [0.2, 0.25) is 5.91 Å². The minimum absolute atomic E-state index is 0.00420. The van der Waals surface area contributed by atoms with Gasteiger partial charge in [-0.05, 0) is 5.56 Å². The maximum atomic E-state index is 12.1. The molecule has 1 aromatic heterocycles. The molecule has 3 rings (SSSR count). The van der Waals surface area contributed by atoms with Crippen molar-refractivity contribution in [3.05, 3.63) is 47.5 Å². The number of hydrogen-bond acceptors (Lipinski definition) is 5. The second-order valence-electron chi connectivity index (χ2n) is 5.79. The van der Waals surface area contributed by atoms with Gasteiger partial charge in [0.25, 0.3) is 0 Å². The number of rotatable bonds is 5. The third-order valence-corrected chi connectivity index (χ3v) is 4.69. The first-order valence-corrected chi connectivity index (χ1v) is 9.07. The molecule has 0 atom stereocenters. The Bertz CT molecular complexity index is 684. The van der Waals surface area contributed by atoms with Crippen molar-refractivity contribution in [1.29, 1.82) is 0 Å². The van der Waals surface area contributed by atoms with Gasteiger partial charge in [-0.2, -0.15) is 0 Å². The minimum Gasteiger partial charge on any atom is -0.351 e. The molecular weight excluding hydrogens is 338 g/mol. The Morgan fingerprint density at radius 3 is 2.56 bits per heavy atom. The zero-order valence-electron chi connectivity index (χ0n) is 13.9. The molecule has 8 heteroatoms. The molecule has 7 nitrogen and oxygen atoms in total. The van der Waals surface area contributed by atoms with Crippen LogP contribution in [0.1, 0.15) is 5.56 Å². The van der Waals surface area contributed by atoms with Crippen molar-refractivity contribution in [2.45, 2.75) is 6.54 Å². The van der Waals surface area contributed by atoms with Crippen molar-refractivity contribution in [3.8, 4) is 0 Å². The van der Waals surface area contributed by atoms with Crippen molar-refractivity contribution in [2.75, 3.05) is 38.0 Å². The Hall–Kier alpha value is -2.45. The van der Waals surface area contributed by atoms with Gasteiger partial charge in [0.15, 0.2) is 5.13 Å². The number of carbonyl (C=O) groups excluding carboxylic acids is 2. The number of urea groups is 1. The zero-order chi connectivity index (χ0) is 17.5. The van der Waals surface area contributed by atoms with Gasteiger partial charge in [-0.1, -0.05) is 30.3 Å². The first-order valence-electron chi connectivity index (χ1n) is 8.19. The van der Waals surface area contributed by atoms with Crippen molar-refractivity contribution >= 4 is 28.4 Å². The molecule has 0 aliphatic carbocycles. The van der Waals surface area contributed by atoms with Crippen LogP contribution in [0.5, 0.6) is 0 Å². The minimum atomic E-state index is -0.136. The second-order valence-corrected chi connectivity index (χ2v) is 6.69. The molecule has 0 bridgehead atoms. The summed E-state index contributed by atoms with van der Waals surface area (Å²) in [6.45, 7) is 3.46. The number of aromatic nitrogens is 1. The van der Waals surface area contributed by atoms with E-state index in [0.29, 0.717) is 44.4 Å². The molecule has 25 heavy (non-hydrogen) atoms. The van der Waals surface area contributed by atoms with Crippen LogP contribution < -0.4 is 10.6 Å². The van der Waals surface area contributed by atoms with E-state index in [0.717, 1.165) is 5.56 Å². The summed E-state index contributed by atoms with van der Waals surface area (Å²) in [5.74, 6) is 0.00420. The third-order valence-electron chi connectivity index (χ3n) is 4.01. The van der Waals surface area contributed by atoms with E-state index in [-0.39, 0.29) is 11.9 Å². The van der Waals surface area contributed by atoms with E-state index in [9.17, 15) is 9.59 Å². The standard InChI is InChI=1S/C17H21N5O2S/c23-15(19-12-14-4-2-1-3-5-14)13-21-7-9-22(10-8-21)17(24)20-16-18-6-11-25-16/h1-6,11H,7-10,12-13H2,(H,19,23)(H,18,20,24). The molecule has 1 aromatic carbocycles. The fourth-order valence-electron chi connectivity index (χ4n) is 2.62. The van der Waals surface area contributed by atoms with Gasteiger partial charge in [-0.3, -0.25) is 15.0 Å². The predicted molar refractivity (Wildman–Crippen MR) is 97.4 cm³/mol. The predicted octanol–water partition coefficient (Wildman–Crippen LogP) is 1.61. The second kappa shape index (κ2) is 8.59. The summed E-state index contributed by atoms with van der Waals surface area (Å²) in [5, 5.41) is 8.14. The van der Waals surface area contributed by atoms with Crippen molar-refractivity contribution in [1.82, 2.24) is 20.1 Å². The Labute approximate surface area is 150 Å². The van der Waals surface area contributed by atoms with Gasteiger partial charge in [-0.15, -0.1) is 11.3 Å². The maximum Gasteiger partial charge on any atom is 0.323 e. The number of carbonyl (C=O) groups is 2. The normalized spacial score (nSPS) is 15.0. The van der Waals surface area contributed by atoms with E-state index in [2.05, 4.69) is 20.5 Å². The van der Waals surface area contributed by atoms with Gasteiger partial charge in [0.05, 0.1) is 6.54 Å². The number of piperazine rings is 1. The van der Waals surface area contributed by atoms with E-state index in [1.54, 1.807) is 11.1 Å². The highest BCUT2D eigenvalue weighted by Gasteiger charge is 2.22. The number of benzene rings is 1. The third kappa shape index (κ3) is 5.27. The van der Waals surface area contributed by atoms with Crippen LogP contribution in [0.4, 0.5) is 9.93 Å². The summed E-state index contributed by atoms with van der Waals surface area (Å²) in [6, 6.07) is 9.70. The summed E-state index contributed by atoms with van der Waals surface area (Å²) < 4.78 is 0. The first kappa shape index (κ1) is 17.4. The lowest BCUT2D eigenvalue weighted by atomic mass is 10.2. The van der Waals surface area contributed by atoms with Crippen molar-refractivity contribution in [2.24, 2.45) is 0 Å². The lowest BCUT2D eigenvalue weighted by molar-refractivity contribution is -0.122. The van der Waals surface area contributed by atoms with Crippen LogP contribution in [0.2, 0.25) is 0 Å². The van der Waals surface area contributed by atoms with Crippen LogP contribution >= 0.6 is 11.3 Å². The SMILES string of the molecule is O=C(CN1CCN(C(=O)Nc2nccs2)CC1)NCc1ccccc1. The van der Waals surface area contributed by atoms with Crippen molar-refractivity contribution in [3.63, 3.8) is 0 Å².